The standard InChI is InChI=1S/C18H17BrFNO2/c19-15-9-14(20)8-13-6-7-17(23-18(13)15)16(22)11-21-10-12-4-2-1-3-5-12/h1-9,16-17,21-22H,10-11H2/t16?,17-/m1/s1. The zero-order valence-electron chi connectivity index (χ0n) is 12.4. The van der Waals surface area contributed by atoms with Crippen LogP contribution >= 0.6 is 15.9 Å². The second-order valence-corrected chi connectivity index (χ2v) is 6.29. The Morgan fingerprint density at radius 2 is 2.04 bits per heavy atom. The van der Waals surface area contributed by atoms with Crippen LogP contribution in [0.4, 0.5) is 4.39 Å². The second-order valence-electron chi connectivity index (χ2n) is 5.43. The van der Waals surface area contributed by atoms with E-state index in [1.165, 1.54) is 12.1 Å². The van der Waals surface area contributed by atoms with Crippen molar-refractivity contribution in [2.75, 3.05) is 6.54 Å². The van der Waals surface area contributed by atoms with Gasteiger partial charge in [-0.05, 0) is 39.7 Å². The summed E-state index contributed by atoms with van der Waals surface area (Å²) < 4.78 is 19.7. The molecule has 120 valence electrons. The number of aliphatic hydroxyl groups excluding tert-OH is 1. The lowest BCUT2D eigenvalue weighted by Crippen LogP contribution is -2.39. The van der Waals surface area contributed by atoms with Crippen LogP contribution < -0.4 is 10.1 Å². The summed E-state index contributed by atoms with van der Waals surface area (Å²) in [5.74, 6) is 0.230. The van der Waals surface area contributed by atoms with Crippen LogP contribution in [0.1, 0.15) is 11.1 Å². The van der Waals surface area contributed by atoms with Crippen molar-refractivity contribution in [3.05, 3.63) is 70.0 Å². The Morgan fingerprint density at radius 1 is 1.26 bits per heavy atom. The number of fused-ring (bicyclic) bond motifs is 1. The van der Waals surface area contributed by atoms with Gasteiger partial charge in [0.2, 0.25) is 0 Å². The molecule has 0 bridgehead atoms. The molecule has 3 rings (SSSR count). The summed E-state index contributed by atoms with van der Waals surface area (Å²) in [6.45, 7) is 1.08. The van der Waals surface area contributed by atoms with Gasteiger partial charge < -0.3 is 15.2 Å². The Balaban J connectivity index is 1.58. The summed E-state index contributed by atoms with van der Waals surface area (Å²) >= 11 is 3.30. The molecule has 0 saturated heterocycles. The quantitative estimate of drug-likeness (QED) is 0.837. The Labute approximate surface area is 142 Å². The number of hydrogen-bond donors (Lipinski definition) is 2. The van der Waals surface area contributed by atoms with Crippen molar-refractivity contribution in [2.45, 2.75) is 18.8 Å². The van der Waals surface area contributed by atoms with Crippen LogP contribution in [0.2, 0.25) is 0 Å². The number of nitrogens with one attached hydrogen (secondary N) is 1. The predicted molar refractivity (Wildman–Crippen MR) is 91.7 cm³/mol. The van der Waals surface area contributed by atoms with Gasteiger partial charge in [-0.3, -0.25) is 0 Å². The minimum atomic E-state index is -0.694. The number of rotatable bonds is 5. The van der Waals surface area contributed by atoms with Crippen LogP contribution in [-0.2, 0) is 6.54 Å². The van der Waals surface area contributed by atoms with Gasteiger partial charge in [0.05, 0.1) is 4.47 Å². The molecule has 0 saturated carbocycles. The summed E-state index contributed by atoms with van der Waals surface area (Å²) in [6.07, 6.45) is 2.37. The van der Waals surface area contributed by atoms with Gasteiger partial charge in [0.25, 0.3) is 0 Å². The first-order valence-corrected chi connectivity index (χ1v) is 8.19. The molecule has 0 radical (unpaired) electrons. The van der Waals surface area contributed by atoms with Crippen molar-refractivity contribution in [1.82, 2.24) is 5.32 Å². The van der Waals surface area contributed by atoms with Crippen molar-refractivity contribution in [1.29, 1.82) is 0 Å². The van der Waals surface area contributed by atoms with E-state index >= 15 is 0 Å². The van der Waals surface area contributed by atoms with Crippen molar-refractivity contribution >= 4 is 22.0 Å². The molecule has 2 aromatic rings. The van der Waals surface area contributed by atoms with Crippen LogP contribution in [0, 0.1) is 5.82 Å². The highest BCUT2D eigenvalue weighted by atomic mass is 79.9. The van der Waals surface area contributed by atoms with Crippen molar-refractivity contribution in [2.24, 2.45) is 0 Å². The van der Waals surface area contributed by atoms with Gasteiger partial charge in [-0.15, -0.1) is 0 Å². The third-order valence-corrected chi connectivity index (χ3v) is 4.25. The summed E-state index contributed by atoms with van der Waals surface area (Å²) in [5, 5.41) is 13.5. The fraction of sp³-hybridized carbons (Fsp3) is 0.222. The zero-order chi connectivity index (χ0) is 16.2. The number of aliphatic hydroxyl groups is 1. The normalized spacial score (nSPS) is 17.4. The SMILES string of the molecule is OC(CNCc1ccccc1)[C@H]1C=Cc2cc(F)cc(Br)c2O1. The largest absolute Gasteiger partial charge is 0.482 e. The maximum Gasteiger partial charge on any atom is 0.144 e. The maximum absolute atomic E-state index is 13.4. The average Bonchev–Trinajstić information content (AvgIpc) is 2.55. The summed E-state index contributed by atoms with van der Waals surface area (Å²) in [4.78, 5) is 0. The van der Waals surface area contributed by atoms with E-state index in [1.54, 1.807) is 12.2 Å². The van der Waals surface area contributed by atoms with E-state index in [4.69, 9.17) is 4.74 Å². The summed E-state index contributed by atoms with van der Waals surface area (Å²) in [7, 11) is 0. The van der Waals surface area contributed by atoms with Gasteiger partial charge in [0.15, 0.2) is 0 Å². The molecule has 2 N–H and O–H groups in total. The van der Waals surface area contributed by atoms with Crippen molar-refractivity contribution in [3.8, 4) is 5.75 Å². The molecule has 1 unspecified atom stereocenters. The molecule has 0 aliphatic carbocycles. The van der Waals surface area contributed by atoms with Crippen molar-refractivity contribution < 1.29 is 14.2 Å². The van der Waals surface area contributed by atoms with E-state index in [0.29, 0.717) is 28.9 Å². The molecule has 0 amide bonds. The van der Waals surface area contributed by atoms with Crippen molar-refractivity contribution in [3.63, 3.8) is 0 Å². The predicted octanol–water partition coefficient (Wildman–Crippen LogP) is 3.51. The van der Waals surface area contributed by atoms with E-state index in [-0.39, 0.29) is 5.82 Å². The molecular weight excluding hydrogens is 361 g/mol. The van der Waals surface area contributed by atoms with E-state index in [0.717, 1.165) is 5.56 Å². The first kappa shape index (κ1) is 16.2. The zero-order valence-corrected chi connectivity index (χ0v) is 14.0. The third kappa shape index (κ3) is 3.99. The Morgan fingerprint density at radius 3 is 2.83 bits per heavy atom. The van der Waals surface area contributed by atoms with Crippen LogP contribution in [0.15, 0.2) is 53.0 Å². The Bertz CT molecular complexity index is 706. The first-order valence-electron chi connectivity index (χ1n) is 7.40. The van der Waals surface area contributed by atoms with E-state index in [1.807, 2.05) is 30.3 Å². The Hall–Kier alpha value is -1.69. The van der Waals surface area contributed by atoms with Crippen LogP contribution in [0.3, 0.4) is 0 Å². The lowest BCUT2D eigenvalue weighted by molar-refractivity contribution is 0.0620. The third-order valence-electron chi connectivity index (χ3n) is 3.66. The van der Waals surface area contributed by atoms with Crippen LogP contribution in [0.25, 0.3) is 6.08 Å². The molecule has 0 spiro atoms. The molecule has 1 aliphatic heterocycles. The van der Waals surface area contributed by atoms with Gasteiger partial charge in [-0.2, -0.15) is 0 Å². The molecule has 1 heterocycles. The number of ether oxygens (including phenoxy) is 1. The van der Waals surface area contributed by atoms with E-state index < -0.39 is 12.2 Å². The minimum Gasteiger partial charge on any atom is -0.482 e. The van der Waals surface area contributed by atoms with Crippen LogP contribution in [-0.4, -0.2) is 23.9 Å². The number of halogens is 2. The fourth-order valence-electron chi connectivity index (χ4n) is 2.49. The lowest BCUT2D eigenvalue weighted by Gasteiger charge is -2.26. The molecule has 23 heavy (non-hydrogen) atoms. The molecular formula is C18H17BrFNO2. The highest BCUT2D eigenvalue weighted by molar-refractivity contribution is 9.10. The molecule has 0 aromatic heterocycles. The number of hydrogen-bond acceptors (Lipinski definition) is 3. The van der Waals surface area contributed by atoms with Gasteiger partial charge in [-0.1, -0.05) is 36.4 Å². The summed E-state index contributed by atoms with van der Waals surface area (Å²) in [6, 6.07) is 12.7. The highest BCUT2D eigenvalue weighted by Gasteiger charge is 2.24. The summed E-state index contributed by atoms with van der Waals surface area (Å²) in [5.41, 5.74) is 1.82. The highest BCUT2D eigenvalue weighted by Crippen LogP contribution is 2.35. The number of benzene rings is 2. The monoisotopic (exact) mass is 377 g/mol. The topological polar surface area (TPSA) is 41.5 Å². The second kappa shape index (κ2) is 7.25. The fourth-order valence-corrected chi connectivity index (χ4v) is 3.03. The van der Waals surface area contributed by atoms with Gasteiger partial charge in [-0.25, -0.2) is 4.39 Å². The van der Waals surface area contributed by atoms with E-state index in [9.17, 15) is 9.50 Å². The minimum absolute atomic E-state index is 0.326. The molecule has 2 aromatic carbocycles. The molecule has 2 atom stereocenters. The lowest BCUT2D eigenvalue weighted by atomic mass is 10.1. The Kier molecular flexibility index (Phi) is 5.10. The average molecular weight is 378 g/mol. The molecule has 0 fully saturated rings. The van der Waals surface area contributed by atoms with Gasteiger partial charge in [0.1, 0.15) is 23.8 Å². The van der Waals surface area contributed by atoms with Crippen LogP contribution in [0.5, 0.6) is 5.75 Å². The van der Waals surface area contributed by atoms with Gasteiger partial charge in [0, 0.05) is 18.7 Å². The first-order chi connectivity index (χ1) is 11.1. The van der Waals surface area contributed by atoms with E-state index in [2.05, 4.69) is 21.2 Å². The van der Waals surface area contributed by atoms with Gasteiger partial charge >= 0.3 is 0 Å². The molecule has 5 heteroatoms. The maximum atomic E-state index is 13.4. The smallest absolute Gasteiger partial charge is 0.144 e. The molecule has 3 nitrogen and oxygen atoms in total. The molecule has 1 aliphatic rings.